The molecule has 0 radical (unpaired) electrons. The molecule has 1 N–H and O–H groups in total. The Morgan fingerprint density at radius 1 is 1.48 bits per heavy atom. The highest BCUT2D eigenvalue weighted by atomic mass is 79.9. The van der Waals surface area contributed by atoms with Gasteiger partial charge in [0.15, 0.2) is 0 Å². The van der Waals surface area contributed by atoms with Crippen molar-refractivity contribution in [3.05, 3.63) is 44.9 Å². The molecule has 2 aromatic rings. The van der Waals surface area contributed by atoms with E-state index in [1.807, 2.05) is 19.9 Å². The first-order valence-electron chi connectivity index (χ1n) is 6.50. The number of carboxylic acid groups (broad SMARTS) is 1. The van der Waals surface area contributed by atoms with Crippen LogP contribution >= 0.6 is 15.9 Å². The fourth-order valence-corrected chi connectivity index (χ4v) is 2.35. The Labute approximate surface area is 130 Å². The van der Waals surface area contributed by atoms with Crippen molar-refractivity contribution in [2.45, 2.75) is 26.4 Å². The van der Waals surface area contributed by atoms with Gasteiger partial charge in [0.05, 0.1) is 12.2 Å². The van der Waals surface area contributed by atoms with Crippen LogP contribution in [0.3, 0.4) is 0 Å². The summed E-state index contributed by atoms with van der Waals surface area (Å²) in [6.45, 7) is 4.06. The van der Waals surface area contributed by atoms with Crippen LogP contribution in [0, 0.1) is 0 Å². The summed E-state index contributed by atoms with van der Waals surface area (Å²) in [7, 11) is 0. The number of carbonyl (C=O) groups is 1. The lowest BCUT2D eigenvalue weighted by atomic mass is 10.2. The van der Waals surface area contributed by atoms with E-state index in [1.54, 1.807) is 17.2 Å². The van der Waals surface area contributed by atoms with Gasteiger partial charge in [-0.3, -0.25) is 18.9 Å². The van der Waals surface area contributed by atoms with Gasteiger partial charge in [0, 0.05) is 29.3 Å². The Kier molecular flexibility index (Phi) is 4.74. The second-order valence-electron chi connectivity index (χ2n) is 5.05. The van der Waals surface area contributed by atoms with Gasteiger partial charge in [0.2, 0.25) is 0 Å². The van der Waals surface area contributed by atoms with Crippen molar-refractivity contribution < 1.29 is 9.90 Å². The van der Waals surface area contributed by atoms with Crippen molar-refractivity contribution in [2.24, 2.45) is 0 Å². The lowest BCUT2D eigenvalue weighted by molar-refractivity contribution is -0.138. The third kappa shape index (κ3) is 3.89. The number of fused-ring (bicyclic) bond motifs is 1. The Morgan fingerprint density at radius 2 is 2.19 bits per heavy atom. The summed E-state index contributed by atoms with van der Waals surface area (Å²) in [4.78, 5) is 29.1. The van der Waals surface area contributed by atoms with Crippen molar-refractivity contribution in [1.29, 1.82) is 0 Å². The highest BCUT2D eigenvalue weighted by Gasteiger charge is 2.15. The van der Waals surface area contributed by atoms with Gasteiger partial charge in [-0.2, -0.15) is 0 Å². The number of hydrogen-bond donors (Lipinski definition) is 1. The largest absolute Gasteiger partial charge is 0.480 e. The molecule has 2 aromatic heterocycles. The average molecular weight is 354 g/mol. The highest BCUT2D eigenvalue weighted by molar-refractivity contribution is 9.10. The summed E-state index contributed by atoms with van der Waals surface area (Å²) in [5, 5.41) is 8.93. The zero-order valence-electron chi connectivity index (χ0n) is 11.8. The van der Waals surface area contributed by atoms with Crippen molar-refractivity contribution in [1.82, 2.24) is 14.3 Å². The molecule has 0 aliphatic heterocycles. The van der Waals surface area contributed by atoms with Crippen LogP contribution in [0.15, 0.2) is 33.7 Å². The molecule has 0 aliphatic rings. The standard InChI is InChI=1S/C14H16BrN3O3/c1-9(2)17(8-14(20)21)7-11-5-13(19)18-6-10(15)3-4-12(18)16-11/h3-6,9H,7-8H2,1-2H3,(H,20,21). The summed E-state index contributed by atoms with van der Waals surface area (Å²) in [6.07, 6.45) is 1.66. The van der Waals surface area contributed by atoms with Crippen LogP contribution in [0.2, 0.25) is 0 Å². The fraction of sp³-hybridized carbons (Fsp3) is 0.357. The van der Waals surface area contributed by atoms with Crippen LogP contribution in [-0.2, 0) is 11.3 Å². The van der Waals surface area contributed by atoms with Crippen molar-refractivity contribution in [3.8, 4) is 0 Å². The van der Waals surface area contributed by atoms with Gasteiger partial charge in [0.25, 0.3) is 5.56 Å². The lowest BCUT2D eigenvalue weighted by Gasteiger charge is -2.23. The SMILES string of the molecule is CC(C)N(CC(=O)O)Cc1cc(=O)n2cc(Br)ccc2n1. The monoisotopic (exact) mass is 353 g/mol. The first kappa shape index (κ1) is 15.7. The molecule has 0 fully saturated rings. The minimum atomic E-state index is -0.898. The quantitative estimate of drug-likeness (QED) is 0.886. The summed E-state index contributed by atoms with van der Waals surface area (Å²) in [5.74, 6) is -0.898. The van der Waals surface area contributed by atoms with Gasteiger partial charge in [-0.15, -0.1) is 0 Å². The van der Waals surface area contributed by atoms with Gasteiger partial charge < -0.3 is 5.11 Å². The molecule has 0 amide bonds. The molecular weight excluding hydrogens is 338 g/mol. The Balaban J connectivity index is 2.36. The first-order chi connectivity index (χ1) is 9.86. The maximum absolute atomic E-state index is 12.1. The molecule has 0 spiro atoms. The van der Waals surface area contributed by atoms with E-state index in [-0.39, 0.29) is 18.1 Å². The van der Waals surface area contributed by atoms with Crippen LogP contribution < -0.4 is 5.56 Å². The maximum Gasteiger partial charge on any atom is 0.317 e. The molecule has 0 aromatic carbocycles. The number of halogens is 1. The Morgan fingerprint density at radius 3 is 2.81 bits per heavy atom. The summed E-state index contributed by atoms with van der Waals surface area (Å²) >= 11 is 3.31. The van der Waals surface area contributed by atoms with Crippen molar-refractivity contribution in [3.63, 3.8) is 0 Å². The predicted molar refractivity (Wildman–Crippen MR) is 82.3 cm³/mol. The number of pyridine rings is 1. The van der Waals surface area contributed by atoms with Crippen LogP contribution in [0.1, 0.15) is 19.5 Å². The zero-order chi connectivity index (χ0) is 15.6. The average Bonchev–Trinajstić information content (AvgIpc) is 2.38. The minimum Gasteiger partial charge on any atom is -0.480 e. The normalized spacial score (nSPS) is 11.5. The van der Waals surface area contributed by atoms with E-state index < -0.39 is 5.97 Å². The highest BCUT2D eigenvalue weighted by Crippen LogP contribution is 2.11. The van der Waals surface area contributed by atoms with E-state index >= 15 is 0 Å². The summed E-state index contributed by atoms with van der Waals surface area (Å²) in [5.41, 5.74) is 0.923. The van der Waals surface area contributed by atoms with Crippen molar-refractivity contribution in [2.75, 3.05) is 6.54 Å². The van der Waals surface area contributed by atoms with Gasteiger partial charge in [0.1, 0.15) is 5.65 Å². The van der Waals surface area contributed by atoms with E-state index in [9.17, 15) is 9.59 Å². The van der Waals surface area contributed by atoms with E-state index in [0.717, 1.165) is 4.47 Å². The number of hydrogen-bond acceptors (Lipinski definition) is 4. The number of rotatable bonds is 5. The van der Waals surface area contributed by atoms with Crippen LogP contribution in [0.5, 0.6) is 0 Å². The summed E-state index contributed by atoms with van der Waals surface area (Å²) in [6, 6.07) is 5.04. The Hall–Kier alpha value is -1.73. The molecule has 2 rings (SSSR count). The molecule has 0 saturated carbocycles. The molecule has 0 bridgehead atoms. The number of carboxylic acids is 1. The summed E-state index contributed by atoms with van der Waals surface area (Å²) < 4.78 is 2.24. The number of aliphatic carboxylic acids is 1. The van der Waals surface area contributed by atoms with Gasteiger partial charge in [-0.1, -0.05) is 0 Å². The van der Waals surface area contributed by atoms with E-state index in [0.29, 0.717) is 17.9 Å². The zero-order valence-corrected chi connectivity index (χ0v) is 13.4. The molecule has 21 heavy (non-hydrogen) atoms. The maximum atomic E-state index is 12.1. The molecule has 112 valence electrons. The molecule has 0 atom stereocenters. The van der Waals surface area contributed by atoms with Gasteiger partial charge >= 0.3 is 5.97 Å². The molecule has 6 nitrogen and oxygen atoms in total. The topological polar surface area (TPSA) is 74.9 Å². The fourth-order valence-electron chi connectivity index (χ4n) is 2.01. The molecule has 2 heterocycles. The lowest BCUT2D eigenvalue weighted by Crippen LogP contribution is -2.35. The van der Waals surface area contributed by atoms with Crippen LogP contribution in [0.25, 0.3) is 5.65 Å². The molecule has 0 unspecified atom stereocenters. The third-order valence-electron chi connectivity index (χ3n) is 3.11. The van der Waals surface area contributed by atoms with Crippen LogP contribution in [0.4, 0.5) is 0 Å². The molecule has 7 heteroatoms. The molecule has 0 aliphatic carbocycles. The first-order valence-corrected chi connectivity index (χ1v) is 7.30. The van der Waals surface area contributed by atoms with Crippen molar-refractivity contribution >= 4 is 27.5 Å². The number of nitrogens with zero attached hydrogens (tertiary/aromatic N) is 3. The van der Waals surface area contributed by atoms with E-state index in [4.69, 9.17) is 5.11 Å². The van der Waals surface area contributed by atoms with E-state index in [2.05, 4.69) is 20.9 Å². The molecule has 0 saturated heterocycles. The minimum absolute atomic E-state index is 0.0475. The third-order valence-corrected chi connectivity index (χ3v) is 3.58. The number of aromatic nitrogens is 2. The van der Waals surface area contributed by atoms with Gasteiger partial charge in [-0.05, 0) is 41.9 Å². The predicted octanol–water partition coefficient (Wildman–Crippen LogP) is 1.75. The Bertz CT molecular complexity index is 727. The van der Waals surface area contributed by atoms with E-state index in [1.165, 1.54) is 10.5 Å². The van der Waals surface area contributed by atoms with Gasteiger partial charge in [-0.25, -0.2) is 4.98 Å². The second-order valence-corrected chi connectivity index (χ2v) is 5.97. The van der Waals surface area contributed by atoms with Crippen LogP contribution in [-0.4, -0.2) is 37.9 Å². The second kappa shape index (κ2) is 6.36. The molecular formula is C14H16BrN3O3. The smallest absolute Gasteiger partial charge is 0.317 e.